The SMILES string of the molecule is CCOc1ccccc1NC(=O)Nc1ccc(N2CCCC2)c(C(=O)NC(C)C)c1. The average molecular weight is 411 g/mol. The molecule has 3 amide bonds. The molecule has 160 valence electrons. The van der Waals surface area contributed by atoms with Crippen LogP contribution in [0.15, 0.2) is 42.5 Å². The van der Waals surface area contributed by atoms with Crippen molar-refractivity contribution in [2.45, 2.75) is 39.7 Å². The molecular formula is C23H30N4O3. The van der Waals surface area contributed by atoms with E-state index in [1.54, 1.807) is 18.2 Å². The number of nitrogens with one attached hydrogen (secondary N) is 3. The highest BCUT2D eigenvalue weighted by Gasteiger charge is 2.21. The van der Waals surface area contributed by atoms with E-state index >= 15 is 0 Å². The second-order valence-electron chi connectivity index (χ2n) is 7.56. The predicted molar refractivity (Wildman–Crippen MR) is 121 cm³/mol. The minimum atomic E-state index is -0.397. The second kappa shape index (κ2) is 10.0. The van der Waals surface area contributed by atoms with Crippen LogP contribution in [0.1, 0.15) is 44.0 Å². The Labute approximate surface area is 177 Å². The molecule has 0 saturated carbocycles. The Hall–Kier alpha value is -3.22. The van der Waals surface area contributed by atoms with Gasteiger partial charge in [-0.2, -0.15) is 0 Å². The zero-order valence-electron chi connectivity index (χ0n) is 17.8. The van der Waals surface area contributed by atoms with Gasteiger partial charge in [0.2, 0.25) is 0 Å². The van der Waals surface area contributed by atoms with Crippen molar-refractivity contribution in [1.29, 1.82) is 0 Å². The average Bonchev–Trinajstić information content (AvgIpc) is 3.23. The van der Waals surface area contributed by atoms with Gasteiger partial charge in [-0.3, -0.25) is 4.79 Å². The van der Waals surface area contributed by atoms with E-state index in [9.17, 15) is 9.59 Å². The van der Waals surface area contributed by atoms with Crippen LogP contribution in [0.2, 0.25) is 0 Å². The van der Waals surface area contributed by atoms with Crippen molar-refractivity contribution in [1.82, 2.24) is 5.32 Å². The van der Waals surface area contributed by atoms with Crippen LogP contribution in [0.4, 0.5) is 21.9 Å². The van der Waals surface area contributed by atoms with Gasteiger partial charge in [-0.1, -0.05) is 12.1 Å². The number of hydrogen-bond acceptors (Lipinski definition) is 4. The summed E-state index contributed by atoms with van der Waals surface area (Å²) in [4.78, 5) is 27.6. The molecule has 0 spiro atoms. The van der Waals surface area contributed by atoms with Crippen molar-refractivity contribution in [3.8, 4) is 5.75 Å². The summed E-state index contributed by atoms with van der Waals surface area (Å²) in [6.45, 7) is 8.12. The topological polar surface area (TPSA) is 82.7 Å². The van der Waals surface area contributed by atoms with E-state index in [1.807, 2.05) is 45.0 Å². The Morgan fingerprint density at radius 3 is 2.50 bits per heavy atom. The first-order chi connectivity index (χ1) is 14.5. The fourth-order valence-electron chi connectivity index (χ4n) is 3.51. The van der Waals surface area contributed by atoms with Crippen LogP contribution in [0, 0.1) is 0 Å². The Bertz CT molecular complexity index is 892. The number of amides is 3. The minimum absolute atomic E-state index is 0.0268. The van der Waals surface area contributed by atoms with E-state index in [-0.39, 0.29) is 11.9 Å². The molecule has 0 aliphatic carbocycles. The number of urea groups is 1. The predicted octanol–water partition coefficient (Wildman–Crippen LogP) is 4.47. The third-order valence-corrected chi connectivity index (χ3v) is 4.80. The summed E-state index contributed by atoms with van der Waals surface area (Å²) in [5, 5.41) is 8.58. The molecule has 0 atom stereocenters. The molecule has 0 unspecified atom stereocenters. The van der Waals surface area contributed by atoms with Gasteiger partial charge in [-0.15, -0.1) is 0 Å². The summed E-state index contributed by atoms with van der Waals surface area (Å²) in [6.07, 6.45) is 2.24. The van der Waals surface area contributed by atoms with Crippen molar-refractivity contribution in [3.63, 3.8) is 0 Å². The van der Waals surface area contributed by atoms with Crippen LogP contribution in [0.25, 0.3) is 0 Å². The Morgan fingerprint density at radius 1 is 1.07 bits per heavy atom. The zero-order chi connectivity index (χ0) is 21.5. The Balaban J connectivity index is 1.78. The number of benzene rings is 2. The summed E-state index contributed by atoms with van der Waals surface area (Å²) < 4.78 is 5.55. The molecule has 7 nitrogen and oxygen atoms in total. The number of hydrogen-bond donors (Lipinski definition) is 3. The van der Waals surface area contributed by atoms with Crippen LogP contribution in [0.3, 0.4) is 0 Å². The summed E-state index contributed by atoms with van der Waals surface area (Å²) >= 11 is 0. The van der Waals surface area contributed by atoms with Gasteiger partial charge in [0.05, 0.1) is 17.9 Å². The first-order valence-corrected chi connectivity index (χ1v) is 10.5. The lowest BCUT2D eigenvalue weighted by atomic mass is 10.1. The van der Waals surface area contributed by atoms with Crippen LogP contribution < -0.4 is 25.6 Å². The fourth-order valence-corrected chi connectivity index (χ4v) is 3.51. The lowest BCUT2D eigenvalue weighted by molar-refractivity contribution is 0.0943. The lowest BCUT2D eigenvalue weighted by Crippen LogP contribution is -2.32. The highest BCUT2D eigenvalue weighted by molar-refractivity contribution is 6.04. The van der Waals surface area contributed by atoms with Crippen molar-refractivity contribution in [2.24, 2.45) is 0 Å². The highest BCUT2D eigenvalue weighted by atomic mass is 16.5. The van der Waals surface area contributed by atoms with Gasteiger partial charge in [-0.05, 0) is 63.9 Å². The lowest BCUT2D eigenvalue weighted by Gasteiger charge is -2.22. The molecule has 1 heterocycles. The molecule has 3 N–H and O–H groups in total. The standard InChI is InChI=1S/C23H30N4O3/c1-4-30-21-10-6-5-9-19(21)26-23(29)25-17-11-12-20(27-13-7-8-14-27)18(15-17)22(28)24-16(2)3/h5-6,9-12,15-16H,4,7-8,13-14H2,1-3H3,(H,24,28)(H2,25,26,29). The third kappa shape index (κ3) is 5.43. The highest BCUT2D eigenvalue weighted by Crippen LogP contribution is 2.28. The number of para-hydroxylation sites is 2. The van der Waals surface area contributed by atoms with Gasteiger partial charge in [-0.25, -0.2) is 4.79 Å². The van der Waals surface area contributed by atoms with Crippen LogP contribution >= 0.6 is 0 Å². The minimum Gasteiger partial charge on any atom is -0.492 e. The second-order valence-corrected chi connectivity index (χ2v) is 7.56. The zero-order valence-corrected chi connectivity index (χ0v) is 17.8. The van der Waals surface area contributed by atoms with Gasteiger partial charge in [0, 0.05) is 30.5 Å². The number of anilines is 3. The van der Waals surface area contributed by atoms with E-state index in [1.165, 1.54) is 0 Å². The number of ether oxygens (including phenoxy) is 1. The summed E-state index contributed by atoms with van der Waals surface area (Å²) in [5.41, 5.74) is 2.61. The smallest absolute Gasteiger partial charge is 0.323 e. The maximum atomic E-state index is 12.8. The largest absolute Gasteiger partial charge is 0.492 e. The maximum absolute atomic E-state index is 12.8. The van der Waals surface area contributed by atoms with E-state index < -0.39 is 6.03 Å². The number of carbonyl (C=O) groups is 2. The third-order valence-electron chi connectivity index (χ3n) is 4.80. The van der Waals surface area contributed by atoms with E-state index in [2.05, 4.69) is 20.9 Å². The number of nitrogens with zero attached hydrogens (tertiary/aromatic N) is 1. The molecule has 1 fully saturated rings. The van der Waals surface area contributed by atoms with Crippen molar-refractivity contribution in [3.05, 3.63) is 48.0 Å². The van der Waals surface area contributed by atoms with Gasteiger partial charge in [0.1, 0.15) is 5.75 Å². The molecular weight excluding hydrogens is 380 g/mol. The van der Waals surface area contributed by atoms with Crippen LogP contribution in [-0.2, 0) is 0 Å². The first-order valence-electron chi connectivity index (χ1n) is 10.5. The van der Waals surface area contributed by atoms with Crippen LogP contribution in [-0.4, -0.2) is 37.7 Å². The molecule has 7 heteroatoms. The summed E-state index contributed by atoms with van der Waals surface area (Å²) in [7, 11) is 0. The van der Waals surface area contributed by atoms with Gasteiger partial charge >= 0.3 is 6.03 Å². The van der Waals surface area contributed by atoms with Crippen molar-refractivity contribution < 1.29 is 14.3 Å². The maximum Gasteiger partial charge on any atom is 0.323 e. The first kappa shape index (κ1) is 21.5. The summed E-state index contributed by atoms with van der Waals surface area (Å²) in [6, 6.07) is 12.4. The normalized spacial score (nSPS) is 13.3. The molecule has 1 saturated heterocycles. The molecule has 0 bridgehead atoms. The summed E-state index contributed by atoms with van der Waals surface area (Å²) in [5.74, 6) is 0.467. The molecule has 1 aliphatic heterocycles. The van der Waals surface area contributed by atoms with Crippen molar-refractivity contribution in [2.75, 3.05) is 35.2 Å². The molecule has 2 aromatic rings. The Kier molecular flexibility index (Phi) is 7.17. The molecule has 1 aliphatic rings. The molecule has 0 radical (unpaired) electrons. The Morgan fingerprint density at radius 2 is 1.80 bits per heavy atom. The monoisotopic (exact) mass is 410 g/mol. The molecule has 0 aromatic heterocycles. The fraction of sp³-hybridized carbons (Fsp3) is 0.391. The van der Waals surface area contributed by atoms with Crippen LogP contribution in [0.5, 0.6) is 5.75 Å². The molecule has 30 heavy (non-hydrogen) atoms. The van der Waals surface area contributed by atoms with E-state index in [4.69, 9.17) is 4.74 Å². The van der Waals surface area contributed by atoms with E-state index in [0.29, 0.717) is 29.3 Å². The number of carbonyl (C=O) groups excluding carboxylic acids is 2. The molecule has 2 aromatic carbocycles. The molecule has 3 rings (SSSR count). The number of rotatable bonds is 7. The quantitative estimate of drug-likeness (QED) is 0.629. The van der Waals surface area contributed by atoms with Gasteiger partial charge in [0.15, 0.2) is 0 Å². The van der Waals surface area contributed by atoms with Crippen molar-refractivity contribution >= 4 is 29.0 Å². The van der Waals surface area contributed by atoms with Gasteiger partial charge < -0.3 is 25.6 Å². The van der Waals surface area contributed by atoms with Gasteiger partial charge in [0.25, 0.3) is 5.91 Å². The van der Waals surface area contributed by atoms with E-state index in [0.717, 1.165) is 31.6 Å².